The largest absolute Gasteiger partial charge is 0.394 e. The monoisotopic (exact) mass is 178 g/mol. The van der Waals surface area contributed by atoms with E-state index in [0.29, 0.717) is 0 Å². The van der Waals surface area contributed by atoms with Crippen LogP contribution in [0, 0.1) is 0 Å². The Morgan fingerprint density at radius 3 is 1.17 bits per heavy atom. The molecule has 0 aliphatic heterocycles. The maximum absolute atomic E-state index is 8.74. The Morgan fingerprint density at radius 1 is 1.17 bits per heavy atom. The molecule has 38 valence electrons. The van der Waals surface area contributed by atoms with Gasteiger partial charge in [0.05, 0.1) is 0 Å². The van der Waals surface area contributed by atoms with Gasteiger partial charge in [-0.15, -0.1) is 0 Å². The zero-order chi connectivity index (χ0) is 4.50. The molecule has 0 unspecified atom stereocenters. The topological polar surface area (TPSA) is 74.6 Å². The molecule has 0 heterocycles. The summed E-state index contributed by atoms with van der Waals surface area (Å²) >= 11 is 0. The third kappa shape index (κ3) is 332. The fraction of sp³-hybridized carbons (Fsp3) is 0. The molecule has 0 bridgehead atoms. The summed E-state index contributed by atoms with van der Waals surface area (Å²) in [5.74, 6) is 0. The molecule has 0 amide bonds. The number of hydrogen-bond donors (Lipinski definition) is 2. The van der Waals surface area contributed by atoms with Crippen LogP contribution in [0.15, 0.2) is 0 Å². The molecular formula is H2O4SSe. The summed E-state index contributed by atoms with van der Waals surface area (Å²) in [7, 11) is -4.67. The molecule has 2 N–H and O–H groups in total. The third-order valence-electron chi connectivity index (χ3n) is 0. The van der Waals surface area contributed by atoms with Gasteiger partial charge in [-0.25, -0.2) is 0 Å². The van der Waals surface area contributed by atoms with Gasteiger partial charge in [-0.3, -0.25) is 9.11 Å². The van der Waals surface area contributed by atoms with Gasteiger partial charge in [0, 0.05) is 17.1 Å². The maximum Gasteiger partial charge on any atom is 0.394 e. The summed E-state index contributed by atoms with van der Waals surface area (Å²) in [6, 6.07) is 0. The van der Waals surface area contributed by atoms with Gasteiger partial charge in [0.2, 0.25) is 0 Å². The minimum atomic E-state index is -4.67. The van der Waals surface area contributed by atoms with Crippen LogP contribution in [0.1, 0.15) is 0 Å². The van der Waals surface area contributed by atoms with Gasteiger partial charge in [0.25, 0.3) is 0 Å². The first-order valence-corrected chi connectivity index (χ1v) is 2.10. The summed E-state index contributed by atoms with van der Waals surface area (Å²) < 4.78 is 31.6. The van der Waals surface area contributed by atoms with Crippen LogP contribution in [0.25, 0.3) is 0 Å². The molecule has 0 aliphatic rings. The second-order valence-corrected chi connectivity index (χ2v) is 1.34. The van der Waals surface area contributed by atoms with Crippen molar-refractivity contribution >= 4 is 27.5 Å². The zero-order valence-electron chi connectivity index (χ0n) is 2.53. The van der Waals surface area contributed by atoms with Gasteiger partial charge in [0.15, 0.2) is 0 Å². The molecule has 0 saturated heterocycles. The third-order valence-corrected chi connectivity index (χ3v) is 0. The van der Waals surface area contributed by atoms with Crippen LogP contribution in [-0.4, -0.2) is 34.6 Å². The van der Waals surface area contributed by atoms with Gasteiger partial charge in [-0.1, -0.05) is 0 Å². The van der Waals surface area contributed by atoms with E-state index in [0.717, 1.165) is 0 Å². The smallest absolute Gasteiger partial charge is 0.264 e. The van der Waals surface area contributed by atoms with Crippen LogP contribution in [0.5, 0.6) is 0 Å². The standard InChI is InChI=1S/H2O4S.Se/c1-5(2,3)4;/h(H2,1,2,3,4);. The van der Waals surface area contributed by atoms with Crippen molar-refractivity contribution in [2.24, 2.45) is 0 Å². The zero-order valence-corrected chi connectivity index (χ0v) is 5.06. The van der Waals surface area contributed by atoms with Crippen molar-refractivity contribution in [1.29, 1.82) is 0 Å². The van der Waals surface area contributed by atoms with Gasteiger partial charge in [-0.05, 0) is 0 Å². The van der Waals surface area contributed by atoms with Crippen molar-refractivity contribution in [2.75, 3.05) is 0 Å². The Balaban J connectivity index is 0. The Hall–Kier alpha value is 0.389. The van der Waals surface area contributed by atoms with E-state index in [4.69, 9.17) is 17.5 Å². The summed E-state index contributed by atoms with van der Waals surface area (Å²) in [5, 5.41) is 0. The van der Waals surface area contributed by atoms with Gasteiger partial charge in [0.1, 0.15) is 0 Å². The van der Waals surface area contributed by atoms with Crippen LogP contribution in [0.4, 0.5) is 0 Å². The number of rotatable bonds is 0. The first-order valence-electron chi connectivity index (χ1n) is 0.698. The Labute approximate surface area is 45.6 Å². The van der Waals surface area contributed by atoms with Crippen LogP contribution >= 0.6 is 0 Å². The molecule has 0 aromatic rings. The van der Waals surface area contributed by atoms with Gasteiger partial charge >= 0.3 is 10.4 Å². The predicted molar refractivity (Wildman–Crippen MR) is 19.9 cm³/mol. The second kappa shape index (κ2) is 2.54. The van der Waals surface area contributed by atoms with E-state index in [1.165, 1.54) is 0 Å². The average Bonchev–Trinajstić information content (AvgIpc) is 0.722. The molecule has 0 spiro atoms. The van der Waals surface area contributed by atoms with E-state index >= 15 is 0 Å². The Bertz CT molecular complexity index is 90.7. The van der Waals surface area contributed by atoms with E-state index in [1.807, 2.05) is 0 Å². The fourth-order valence-electron chi connectivity index (χ4n) is 0. The summed E-state index contributed by atoms with van der Waals surface area (Å²) in [5.41, 5.74) is 0. The molecule has 0 saturated carbocycles. The number of hydrogen-bond acceptors (Lipinski definition) is 2. The van der Waals surface area contributed by atoms with E-state index in [2.05, 4.69) is 0 Å². The van der Waals surface area contributed by atoms with E-state index < -0.39 is 10.4 Å². The Morgan fingerprint density at radius 2 is 1.17 bits per heavy atom. The minimum absolute atomic E-state index is 0. The molecule has 0 aromatic heterocycles. The quantitative estimate of drug-likeness (QED) is 0.366. The SMILES string of the molecule is O=S(=O)(O)O.[Se]. The molecule has 4 nitrogen and oxygen atoms in total. The van der Waals surface area contributed by atoms with Crippen molar-refractivity contribution in [3.8, 4) is 0 Å². The van der Waals surface area contributed by atoms with Crippen molar-refractivity contribution in [1.82, 2.24) is 0 Å². The predicted octanol–water partition coefficient (Wildman–Crippen LogP) is -1.03. The van der Waals surface area contributed by atoms with E-state index in [9.17, 15) is 0 Å². The molecule has 0 atom stereocenters. The van der Waals surface area contributed by atoms with Gasteiger partial charge < -0.3 is 0 Å². The van der Waals surface area contributed by atoms with Crippen LogP contribution in [0.3, 0.4) is 0 Å². The van der Waals surface area contributed by atoms with E-state index in [1.54, 1.807) is 0 Å². The molecule has 0 aromatic carbocycles. The first kappa shape index (κ1) is 9.63. The molecule has 0 fully saturated rings. The molecule has 0 aliphatic carbocycles. The average molecular weight is 177 g/mol. The summed E-state index contributed by atoms with van der Waals surface area (Å²) in [6.45, 7) is 0. The van der Waals surface area contributed by atoms with Crippen LogP contribution in [0.2, 0.25) is 0 Å². The second-order valence-electron chi connectivity index (χ2n) is 0.448. The van der Waals surface area contributed by atoms with E-state index in [-0.39, 0.29) is 17.1 Å². The molecule has 0 rings (SSSR count). The van der Waals surface area contributed by atoms with Crippen molar-refractivity contribution in [2.45, 2.75) is 0 Å². The summed E-state index contributed by atoms with van der Waals surface area (Å²) in [6.07, 6.45) is 0. The van der Waals surface area contributed by atoms with Crippen LogP contribution < -0.4 is 0 Å². The van der Waals surface area contributed by atoms with Crippen molar-refractivity contribution < 1.29 is 17.5 Å². The first-order chi connectivity index (χ1) is 2.00. The fourth-order valence-corrected chi connectivity index (χ4v) is 0. The van der Waals surface area contributed by atoms with Crippen molar-refractivity contribution in [3.05, 3.63) is 0 Å². The van der Waals surface area contributed by atoms with Crippen LogP contribution in [-0.2, 0) is 10.4 Å². The maximum atomic E-state index is 8.74. The minimum Gasteiger partial charge on any atom is -0.264 e. The van der Waals surface area contributed by atoms with Crippen molar-refractivity contribution in [3.63, 3.8) is 0 Å². The molecule has 6 heteroatoms. The van der Waals surface area contributed by atoms with Gasteiger partial charge in [-0.2, -0.15) is 8.42 Å². The molecule has 6 heavy (non-hydrogen) atoms. The molecular weight excluding hydrogens is 175 g/mol. The molecule has 2 radical (unpaired) electrons. The normalized spacial score (nSPS) is 9.67. The Kier molecular flexibility index (Phi) is 4.08. The summed E-state index contributed by atoms with van der Waals surface area (Å²) in [4.78, 5) is 0.